The van der Waals surface area contributed by atoms with E-state index in [1.807, 2.05) is 48.7 Å². The second kappa shape index (κ2) is 7.59. The van der Waals surface area contributed by atoms with E-state index in [9.17, 15) is 9.00 Å². The summed E-state index contributed by atoms with van der Waals surface area (Å²) in [4.78, 5) is 13.9. The molecular formula is C18H17NO3S2. The minimum atomic E-state index is -1.19. The Balaban J connectivity index is 1.59. The lowest BCUT2D eigenvalue weighted by Gasteiger charge is -2.02. The van der Waals surface area contributed by atoms with Crippen LogP contribution in [0.25, 0.3) is 0 Å². The highest BCUT2D eigenvalue weighted by Crippen LogP contribution is 2.16. The molecule has 0 spiro atoms. The minimum Gasteiger partial charge on any atom is -0.455 e. The number of hydrogen-bond donors (Lipinski definition) is 1. The molecule has 0 aliphatic carbocycles. The van der Waals surface area contributed by atoms with Gasteiger partial charge in [0.25, 0.3) is 5.91 Å². The largest absolute Gasteiger partial charge is 0.455 e. The first-order valence-electron chi connectivity index (χ1n) is 7.46. The number of carbonyl (C=O) groups excluding carboxylic acids is 1. The third-order valence-electron chi connectivity index (χ3n) is 3.45. The summed E-state index contributed by atoms with van der Waals surface area (Å²) in [5, 5.41) is 4.77. The molecule has 4 nitrogen and oxygen atoms in total. The van der Waals surface area contributed by atoms with Gasteiger partial charge in [0.1, 0.15) is 5.76 Å². The Labute approximate surface area is 147 Å². The van der Waals surface area contributed by atoms with Crippen molar-refractivity contribution < 1.29 is 13.4 Å². The SMILES string of the molecule is Cc1ccc([S@](=O)Cc2ccc(C(=O)NCc3cccs3)o2)cc1. The molecule has 0 radical (unpaired) electrons. The highest BCUT2D eigenvalue weighted by atomic mass is 32.2. The topological polar surface area (TPSA) is 59.3 Å². The number of carbonyl (C=O) groups is 1. The lowest BCUT2D eigenvalue weighted by molar-refractivity contribution is 0.0922. The molecule has 2 heterocycles. The van der Waals surface area contributed by atoms with Gasteiger partial charge in [0.05, 0.1) is 23.1 Å². The molecule has 0 fully saturated rings. The van der Waals surface area contributed by atoms with Crippen LogP contribution in [-0.2, 0) is 23.1 Å². The van der Waals surface area contributed by atoms with Crippen LogP contribution in [0.15, 0.2) is 63.2 Å². The van der Waals surface area contributed by atoms with E-state index in [4.69, 9.17) is 4.42 Å². The van der Waals surface area contributed by atoms with Crippen molar-refractivity contribution in [3.63, 3.8) is 0 Å². The summed E-state index contributed by atoms with van der Waals surface area (Å²) in [7, 11) is -1.19. The Morgan fingerprint density at radius 3 is 2.67 bits per heavy atom. The van der Waals surface area contributed by atoms with E-state index in [0.29, 0.717) is 12.3 Å². The zero-order chi connectivity index (χ0) is 16.9. The Bertz CT molecular complexity index is 836. The smallest absolute Gasteiger partial charge is 0.287 e. The number of amides is 1. The fraction of sp³-hybridized carbons (Fsp3) is 0.167. The summed E-state index contributed by atoms with van der Waals surface area (Å²) in [5.41, 5.74) is 1.12. The first kappa shape index (κ1) is 16.7. The van der Waals surface area contributed by atoms with Crippen LogP contribution in [0, 0.1) is 6.92 Å². The van der Waals surface area contributed by atoms with Crippen molar-refractivity contribution in [3.05, 3.63) is 75.9 Å². The Kier molecular flexibility index (Phi) is 5.27. The van der Waals surface area contributed by atoms with Gasteiger partial charge in [0.2, 0.25) is 0 Å². The maximum atomic E-state index is 12.3. The van der Waals surface area contributed by atoms with Crippen molar-refractivity contribution in [3.8, 4) is 0 Å². The van der Waals surface area contributed by atoms with Crippen LogP contribution in [-0.4, -0.2) is 10.1 Å². The van der Waals surface area contributed by atoms with Gasteiger partial charge in [-0.2, -0.15) is 0 Å². The van der Waals surface area contributed by atoms with Crippen molar-refractivity contribution in [1.29, 1.82) is 0 Å². The van der Waals surface area contributed by atoms with Gasteiger partial charge in [-0.1, -0.05) is 23.8 Å². The number of rotatable bonds is 6. The number of furan rings is 1. The van der Waals surface area contributed by atoms with Crippen molar-refractivity contribution in [2.24, 2.45) is 0 Å². The van der Waals surface area contributed by atoms with E-state index in [2.05, 4.69) is 5.32 Å². The lowest BCUT2D eigenvalue weighted by atomic mass is 10.2. The number of aryl methyl sites for hydroxylation is 1. The average molecular weight is 359 g/mol. The van der Waals surface area contributed by atoms with Crippen molar-refractivity contribution in [2.75, 3.05) is 0 Å². The fourth-order valence-electron chi connectivity index (χ4n) is 2.15. The lowest BCUT2D eigenvalue weighted by Crippen LogP contribution is -2.21. The molecule has 6 heteroatoms. The number of thiophene rings is 1. The van der Waals surface area contributed by atoms with Crippen LogP contribution >= 0.6 is 11.3 Å². The summed E-state index contributed by atoms with van der Waals surface area (Å²) in [6, 6.07) is 14.8. The molecular weight excluding hydrogens is 342 g/mol. The molecule has 3 rings (SSSR count). The van der Waals surface area contributed by atoms with Crippen LogP contribution in [0.5, 0.6) is 0 Å². The quantitative estimate of drug-likeness (QED) is 0.726. The molecule has 0 saturated carbocycles. The standard InChI is InChI=1S/C18H17NO3S2/c1-13-4-7-16(8-5-13)24(21)12-14-6-9-17(22-14)18(20)19-11-15-3-2-10-23-15/h2-10H,11-12H2,1H3,(H,19,20)/t24-/m1/s1. The van der Waals surface area contributed by atoms with Crippen molar-refractivity contribution in [2.45, 2.75) is 24.1 Å². The van der Waals surface area contributed by atoms with E-state index in [1.165, 1.54) is 0 Å². The molecule has 2 aromatic heterocycles. The number of benzene rings is 1. The Morgan fingerprint density at radius 1 is 1.17 bits per heavy atom. The fourth-order valence-corrected chi connectivity index (χ4v) is 3.81. The molecule has 0 bridgehead atoms. The maximum Gasteiger partial charge on any atom is 0.287 e. The second-order valence-electron chi connectivity index (χ2n) is 5.33. The first-order valence-corrected chi connectivity index (χ1v) is 9.66. The normalized spacial score (nSPS) is 12.0. The van der Waals surface area contributed by atoms with Crippen LogP contribution in [0.1, 0.15) is 26.8 Å². The van der Waals surface area contributed by atoms with Gasteiger partial charge in [0.15, 0.2) is 5.76 Å². The van der Waals surface area contributed by atoms with Crippen molar-refractivity contribution >= 4 is 28.0 Å². The molecule has 3 aromatic rings. The molecule has 1 atom stereocenters. The Morgan fingerprint density at radius 2 is 1.96 bits per heavy atom. The van der Waals surface area contributed by atoms with Crippen molar-refractivity contribution in [1.82, 2.24) is 5.32 Å². The van der Waals surface area contributed by atoms with Crippen LogP contribution in [0.3, 0.4) is 0 Å². The molecule has 0 aliphatic rings. The Hall–Kier alpha value is -2.18. The van der Waals surface area contributed by atoms with Gasteiger partial charge in [0, 0.05) is 9.77 Å². The summed E-state index contributed by atoms with van der Waals surface area (Å²) in [6.45, 7) is 2.46. The van der Waals surface area contributed by atoms with Gasteiger partial charge in [-0.05, 0) is 42.6 Å². The third-order valence-corrected chi connectivity index (χ3v) is 5.67. The van der Waals surface area contributed by atoms with Gasteiger partial charge in [-0.3, -0.25) is 9.00 Å². The number of hydrogen-bond acceptors (Lipinski definition) is 4. The molecule has 24 heavy (non-hydrogen) atoms. The van der Waals surface area contributed by atoms with Crippen LogP contribution in [0.4, 0.5) is 0 Å². The summed E-state index contributed by atoms with van der Waals surface area (Å²) in [6.07, 6.45) is 0. The van der Waals surface area contributed by atoms with Gasteiger partial charge in [-0.15, -0.1) is 11.3 Å². The molecule has 0 unspecified atom stereocenters. The zero-order valence-electron chi connectivity index (χ0n) is 13.2. The number of nitrogens with one attached hydrogen (secondary N) is 1. The zero-order valence-corrected chi connectivity index (χ0v) is 14.8. The van der Waals surface area contributed by atoms with E-state index in [0.717, 1.165) is 15.3 Å². The monoisotopic (exact) mass is 359 g/mol. The maximum absolute atomic E-state index is 12.3. The van der Waals surface area contributed by atoms with Gasteiger partial charge >= 0.3 is 0 Å². The summed E-state index contributed by atoms with van der Waals surface area (Å²) in [5.74, 6) is 0.759. The molecule has 0 aliphatic heterocycles. The molecule has 124 valence electrons. The van der Waals surface area contributed by atoms with Gasteiger partial charge < -0.3 is 9.73 Å². The molecule has 0 saturated heterocycles. The van der Waals surface area contributed by atoms with E-state index < -0.39 is 10.8 Å². The van der Waals surface area contributed by atoms with Crippen LogP contribution in [0.2, 0.25) is 0 Å². The van der Waals surface area contributed by atoms with E-state index in [1.54, 1.807) is 23.5 Å². The highest BCUT2D eigenvalue weighted by molar-refractivity contribution is 7.84. The molecule has 1 amide bonds. The van der Waals surface area contributed by atoms with E-state index >= 15 is 0 Å². The molecule has 1 N–H and O–H groups in total. The minimum absolute atomic E-state index is 0.238. The van der Waals surface area contributed by atoms with E-state index in [-0.39, 0.29) is 17.4 Å². The average Bonchev–Trinajstić information content (AvgIpc) is 3.25. The summed E-state index contributed by atoms with van der Waals surface area (Å²) >= 11 is 1.59. The highest BCUT2D eigenvalue weighted by Gasteiger charge is 2.13. The molecule has 1 aromatic carbocycles. The second-order valence-corrected chi connectivity index (χ2v) is 7.81. The third kappa shape index (κ3) is 4.21. The predicted molar refractivity (Wildman–Crippen MR) is 95.5 cm³/mol. The summed E-state index contributed by atoms with van der Waals surface area (Å²) < 4.78 is 17.9. The predicted octanol–water partition coefficient (Wildman–Crippen LogP) is 3.89. The van der Waals surface area contributed by atoms with Crippen LogP contribution < -0.4 is 5.32 Å². The first-order chi connectivity index (χ1) is 11.6. The van der Waals surface area contributed by atoms with Gasteiger partial charge in [-0.25, -0.2) is 0 Å².